The SMILES string of the molecule is O=C(Cn1[nH]c(=O)ccc1=O)N(Cc1ccc(F)cc1)C[C@@H]1CCCO1. The number of nitrogens with one attached hydrogen (secondary N) is 1. The number of hydrogen-bond donors (Lipinski definition) is 1. The second-order valence-corrected chi connectivity index (χ2v) is 6.27. The van der Waals surface area contributed by atoms with Gasteiger partial charge in [0.05, 0.1) is 6.10 Å². The highest BCUT2D eigenvalue weighted by molar-refractivity contribution is 5.76. The van der Waals surface area contributed by atoms with Crippen LogP contribution in [0.15, 0.2) is 46.0 Å². The summed E-state index contributed by atoms with van der Waals surface area (Å²) < 4.78 is 19.7. The molecule has 0 aliphatic carbocycles. The van der Waals surface area contributed by atoms with E-state index in [2.05, 4.69) is 5.10 Å². The molecule has 8 heteroatoms. The van der Waals surface area contributed by atoms with Crippen LogP contribution in [0.1, 0.15) is 18.4 Å². The first kappa shape index (κ1) is 18.1. The number of carbonyl (C=O) groups is 1. The molecule has 1 aromatic heterocycles. The highest BCUT2D eigenvalue weighted by atomic mass is 19.1. The molecule has 2 aromatic rings. The maximum absolute atomic E-state index is 13.1. The van der Waals surface area contributed by atoms with Crippen LogP contribution in [0, 0.1) is 5.82 Å². The minimum Gasteiger partial charge on any atom is -0.376 e. The molecule has 0 unspecified atom stereocenters. The molecule has 26 heavy (non-hydrogen) atoms. The summed E-state index contributed by atoms with van der Waals surface area (Å²) in [6.45, 7) is 1.03. The molecule has 2 heterocycles. The van der Waals surface area contributed by atoms with Crippen LogP contribution in [0.2, 0.25) is 0 Å². The van der Waals surface area contributed by atoms with E-state index in [4.69, 9.17) is 4.74 Å². The minimum atomic E-state index is -0.461. The summed E-state index contributed by atoms with van der Waals surface area (Å²) in [6.07, 6.45) is 1.73. The number of aromatic amines is 1. The van der Waals surface area contributed by atoms with Gasteiger partial charge in [-0.25, -0.2) is 9.07 Å². The highest BCUT2D eigenvalue weighted by Crippen LogP contribution is 2.16. The zero-order valence-corrected chi connectivity index (χ0v) is 14.2. The van der Waals surface area contributed by atoms with E-state index >= 15 is 0 Å². The maximum atomic E-state index is 13.1. The molecule has 138 valence electrons. The predicted molar refractivity (Wildman–Crippen MR) is 92.1 cm³/mol. The molecule has 1 saturated heterocycles. The Morgan fingerprint density at radius 1 is 1.23 bits per heavy atom. The topological polar surface area (TPSA) is 84.4 Å². The zero-order chi connectivity index (χ0) is 18.5. The van der Waals surface area contributed by atoms with Crippen molar-refractivity contribution in [2.75, 3.05) is 13.2 Å². The summed E-state index contributed by atoms with van der Waals surface area (Å²) >= 11 is 0. The van der Waals surface area contributed by atoms with Gasteiger partial charge in [0, 0.05) is 31.8 Å². The van der Waals surface area contributed by atoms with Crippen molar-refractivity contribution < 1.29 is 13.9 Å². The zero-order valence-electron chi connectivity index (χ0n) is 14.2. The van der Waals surface area contributed by atoms with Gasteiger partial charge in [-0.2, -0.15) is 0 Å². The first-order valence-corrected chi connectivity index (χ1v) is 8.45. The fraction of sp³-hybridized carbons (Fsp3) is 0.389. The molecule has 0 radical (unpaired) electrons. The molecular formula is C18H20FN3O4. The molecule has 1 aromatic carbocycles. The van der Waals surface area contributed by atoms with Gasteiger partial charge < -0.3 is 9.64 Å². The lowest BCUT2D eigenvalue weighted by Crippen LogP contribution is -2.41. The monoisotopic (exact) mass is 361 g/mol. The average molecular weight is 361 g/mol. The molecule has 1 amide bonds. The molecule has 0 spiro atoms. The van der Waals surface area contributed by atoms with E-state index in [1.807, 2.05) is 0 Å². The van der Waals surface area contributed by atoms with Crippen molar-refractivity contribution in [1.29, 1.82) is 0 Å². The van der Waals surface area contributed by atoms with Gasteiger partial charge in [-0.05, 0) is 30.5 Å². The van der Waals surface area contributed by atoms with Gasteiger partial charge in [0.25, 0.3) is 11.1 Å². The number of rotatable bonds is 6. The Hall–Kier alpha value is -2.74. The van der Waals surface area contributed by atoms with Crippen molar-refractivity contribution in [2.45, 2.75) is 32.0 Å². The number of ether oxygens (including phenoxy) is 1. The van der Waals surface area contributed by atoms with Gasteiger partial charge in [0.1, 0.15) is 12.4 Å². The van der Waals surface area contributed by atoms with Gasteiger partial charge in [-0.15, -0.1) is 0 Å². The lowest BCUT2D eigenvalue weighted by atomic mass is 10.1. The molecule has 3 rings (SSSR count). The van der Waals surface area contributed by atoms with Gasteiger partial charge in [0.2, 0.25) is 5.91 Å². The molecule has 1 atom stereocenters. The highest BCUT2D eigenvalue weighted by Gasteiger charge is 2.23. The minimum absolute atomic E-state index is 0.0639. The Labute approximate surface area is 149 Å². The number of benzene rings is 1. The number of hydrogen-bond acceptors (Lipinski definition) is 4. The largest absolute Gasteiger partial charge is 0.376 e. The summed E-state index contributed by atoms with van der Waals surface area (Å²) in [4.78, 5) is 37.5. The summed E-state index contributed by atoms with van der Waals surface area (Å²) in [5, 5.41) is 2.35. The quantitative estimate of drug-likeness (QED) is 0.828. The molecule has 1 aliphatic rings. The summed E-state index contributed by atoms with van der Waals surface area (Å²) in [5.74, 6) is -0.673. The van der Waals surface area contributed by atoms with Crippen LogP contribution in [0.3, 0.4) is 0 Å². The summed E-state index contributed by atoms with van der Waals surface area (Å²) in [5.41, 5.74) is -0.148. The van der Waals surface area contributed by atoms with Crippen molar-refractivity contribution >= 4 is 5.91 Å². The second-order valence-electron chi connectivity index (χ2n) is 6.27. The average Bonchev–Trinajstić information content (AvgIpc) is 3.12. The van der Waals surface area contributed by atoms with E-state index in [0.29, 0.717) is 13.2 Å². The van der Waals surface area contributed by atoms with Gasteiger partial charge in [-0.1, -0.05) is 12.1 Å². The molecule has 1 N–H and O–H groups in total. The maximum Gasteiger partial charge on any atom is 0.265 e. The van der Waals surface area contributed by atoms with Crippen LogP contribution in [-0.2, 0) is 22.6 Å². The lowest BCUT2D eigenvalue weighted by Gasteiger charge is -2.26. The van der Waals surface area contributed by atoms with E-state index in [1.165, 1.54) is 12.1 Å². The third kappa shape index (κ3) is 4.66. The van der Waals surface area contributed by atoms with Crippen molar-refractivity contribution in [1.82, 2.24) is 14.7 Å². The van der Waals surface area contributed by atoms with Crippen LogP contribution in [0.4, 0.5) is 4.39 Å². The fourth-order valence-electron chi connectivity index (χ4n) is 2.91. The Balaban J connectivity index is 1.77. The van der Waals surface area contributed by atoms with Crippen LogP contribution in [0.5, 0.6) is 0 Å². The third-order valence-electron chi connectivity index (χ3n) is 4.27. The van der Waals surface area contributed by atoms with Crippen LogP contribution in [0.25, 0.3) is 0 Å². The van der Waals surface area contributed by atoms with Gasteiger partial charge >= 0.3 is 0 Å². The Morgan fingerprint density at radius 2 is 2.00 bits per heavy atom. The Kier molecular flexibility index (Phi) is 5.62. The van der Waals surface area contributed by atoms with E-state index in [-0.39, 0.29) is 30.9 Å². The number of aromatic nitrogens is 2. The van der Waals surface area contributed by atoms with E-state index in [0.717, 1.165) is 35.2 Å². The lowest BCUT2D eigenvalue weighted by molar-refractivity contribution is -0.134. The molecule has 1 aliphatic heterocycles. The summed E-state index contributed by atoms with van der Waals surface area (Å²) in [6, 6.07) is 8.14. The molecule has 7 nitrogen and oxygen atoms in total. The number of nitrogens with zero attached hydrogens (tertiary/aromatic N) is 2. The standard InChI is InChI=1S/C18H20FN3O4/c19-14-5-3-13(4-6-14)10-21(11-15-2-1-9-26-15)18(25)12-22-17(24)8-7-16(23)20-22/h3-8,15H,1-2,9-12H2,(H,20,23)/t15-/m0/s1. The molecule has 0 bridgehead atoms. The Bertz CT molecular complexity index is 869. The van der Waals surface area contributed by atoms with Crippen molar-refractivity contribution in [3.8, 4) is 0 Å². The smallest absolute Gasteiger partial charge is 0.265 e. The van der Waals surface area contributed by atoms with E-state index in [1.54, 1.807) is 17.0 Å². The number of H-pyrrole nitrogens is 1. The third-order valence-corrected chi connectivity index (χ3v) is 4.27. The molecule has 0 saturated carbocycles. The molecule has 1 fully saturated rings. The second kappa shape index (κ2) is 8.09. The van der Waals surface area contributed by atoms with Gasteiger partial charge in [0.15, 0.2) is 0 Å². The number of amides is 1. The van der Waals surface area contributed by atoms with Crippen molar-refractivity contribution in [3.63, 3.8) is 0 Å². The van der Waals surface area contributed by atoms with Gasteiger partial charge in [-0.3, -0.25) is 19.5 Å². The summed E-state index contributed by atoms with van der Waals surface area (Å²) in [7, 11) is 0. The van der Waals surface area contributed by atoms with Crippen LogP contribution < -0.4 is 11.1 Å². The van der Waals surface area contributed by atoms with Crippen LogP contribution >= 0.6 is 0 Å². The van der Waals surface area contributed by atoms with Crippen LogP contribution in [-0.4, -0.2) is 39.8 Å². The van der Waals surface area contributed by atoms with Crippen molar-refractivity contribution in [3.05, 3.63) is 68.5 Å². The van der Waals surface area contributed by atoms with E-state index in [9.17, 15) is 18.8 Å². The predicted octanol–water partition coefficient (Wildman–Crippen LogP) is 0.883. The number of halogens is 1. The first-order chi connectivity index (χ1) is 12.5. The first-order valence-electron chi connectivity index (χ1n) is 8.45. The fourth-order valence-corrected chi connectivity index (χ4v) is 2.91. The molecular weight excluding hydrogens is 341 g/mol. The van der Waals surface area contributed by atoms with E-state index < -0.39 is 11.1 Å². The van der Waals surface area contributed by atoms with Crippen molar-refractivity contribution in [2.24, 2.45) is 0 Å². The normalized spacial score (nSPS) is 16.6. The number of carbonyl (C=O) groups excluding carboxylic acids is 1. The Morgan fingerprint density at radius 3 is 2.69 bits per heavy atom.